The van der Waals surface area contributed by atoms with E-state index in [-0.39, 0.29) is 0 Å². The van der Waals surface area contributed by atoms with Crippen LogP contribution in [0.2, 0.25) is 13.3 Å². The van der Waals surface area contributed by atoms with Crippen LogP contribution in [0.5, 0.6) is 0 Å². The molecule has 1 fully saturated rings. The van der Waals surface area contributed by atoms with Gasteiger partial charge in [0.1, 0.15) is 0 Å². The summed E-state index contributed by atoms with van der Waals surface area (Å²) in [4.78, 5) is 0. The molecule has 1 heterocycles. The van der Waals surface area contributed by atoms with E-state index in [1.165, 1.54) is 51.8 Å². The topological polar surface area (TPSA) is 18.5 Å². The maximum absolute atomic E-state index is 7.69. The second kappa shape index (κ2) is 14.4. The molecule has 1 unspecified atom stereocenters. The molecular weight excluding hydrogens is 403 g/mol. The molecule has 1 rings (SSSR count). The van der Waals surface area contributed by atoms with E-state index in [1.54, 1.807) is 0 Å². The maximum atomic E-state index is 7.69. The van der Waals surface area contributed by atoms with Gasteiger partial charge in [-0.3, -0.25) is 0 Å². The molecule has 0 aromatic heterocycles. The molecule has 1 atom stereocenters. The molecule has 2 nitrogen and oxygen atoms in total. The monoisotopic (exact) mass is 446 g/mol. The molecule has 0 spiro atoms. The van der Waals surface area contributed by atoms with Gasteiger partial charge < -0.3 is 0 Å². The fourth-order valence-electron chi connectivity index (χ4n) is 3.27. The fourth-order valence-corrected chi connectivity index (χ4v) is 16.7. The summed E-state index contributed by atoms with van der Waals surface area (Å²) in [5, 5.41) is 0. The molecule has 0 amide bonds. The summed E-state index contributed by atoms with van der Waals surface area (Å²) < 4.78 is 34.6. The normalized spacial score (nSPS) is 21.5. The van der Waals surface area contributed by atoms with Crippen molar-refractivity contribution < 1.29 is 12.2 Å². The Morgan fingerprint density at radius 2 is 1.67 bits per heavy atom. The Balaban J connectivity index is 2.54. The van der Waals surface area contributed by atoms with E-state index in [0.29, 0.717) is 13.0 Å². The van der Waals surface area contributed by atoms with Crippen molar-refractivity contribution in [2.75, 3.05) is 13.2 Å². The van der Waals surface area contributed by atoms with Crippen molar-refractivity contribution in [3.8, 4) is 9.86 Å². The van der Waals surface area contributed by atoms with Crippen LogP contribution >= 0.6 is 0 Å². The van der Waals surface area contributed by atoms with Gasteiger partial charge in [-0.25, -0.2) is 0 Å². The number of hydrogen-bond donors (Lipinski definition) is 0. The molecule has 1 aliphatic rings. The second-order valence-corrected chi connectivity index (χ2v) is 19.4. The molecule has 0 radical (unpaired) electrons. The summed E-state index contributed by atoms with van der Waals surface area (Å²) >= 11 is -2.33. The summed E-state index contributed by atoms with van der Waals surface area (Å²) in [6.45, 7) is 5.91. The van der Waals surface area contributed by atoms with Crippen LogP contribution in [0.3, 0.4) is 0 Å². The first-order valence-electron chi connectivity index (χ1n) is 11.3. The zero-order valence-corrected chi connectivity index (χ0v) is 19.1. The van der Waals surface area contributed by atoms with Gasteiger partial charge in [0.25, 0.3) is 0 Å². The molecule has 0 N–H and O–H groups in total. The van der Waals surface area contributed by atoms with Crippen molar-refractivity contribution in [2.24, 2.45) is 0 Å². The third kappa shape index (κ3) is 9.68. The van der Waals surface area contributed by atoms with Gasteiger partial charge in [-0.05, 0) is 0 Å². The van der Waals surface area contributed by atoms with Crippen molar-refractivity contribution in [2.45, 2.75) is 105 Å². The molecule has 0 aromatic rings. The average molecular weight is 445 g/mol. The van der Waals surface area contributed by atoms with Crippen LogP contribution < -0.4 is 0 Å². The van der Waals surface area contributed by atoms with Crippen LogP contribution in [0.25, 0.3) is 0 Å². The predicted molar refractivity (Wildman–Crippen MR) is 107 cm³/mol. The summed E-state index contributed by atoms with van der Waals surface area (Å²) in [6, 6.07) is 0. The number of ether oxygens (including phenoxy) is 2. The van der Waals surface area contributed by atoms with E-state index in [0.717, 1.165) is 19.3 Å². The van der Waals surface area contributed by atoms with Gasteiger partial charge in [0, 0.05) is 0 Å². The number of hydrogen-bond acceptors (Lipinski definition) is 2. The number of unbranched alkanes of at least 4 members (excludes halogenated alkanes) is 3. The average Bonchev–Trinajstić information content (AvgIpc) is 2.61. The molecule has 0 aliphatic carbocycles. The van der Waals surface area contributed by atoms with Gasteiger partial charge in [-0.1, -0.05) is 0 Å². The van der Waals surface area contributed by atoms with Gasteiger partial charge in [-0.15, -0.1) is 0 Å². The molecule has 0 saturated carbocycles. The van der Waals surface area contributed by atoms with Gasteiger partial charge in [-0.2, -0.15) is 0 Å². The zero-order valence-electron chi connectivity index (χ0n) is 18.3. The van der Waals surface area contributed by atoms with E-state index in [1.807, 2.05) is 0 Å². The Bertz CT molecular complexity index is 410. The molecule has 0 bridgehead atoms. The van der Waals surface area contributed by atoms with E-state index in [9.17, 15) is 0 Å². The first-order chi connectivity index (χ1) is 12.5. The molecular formula is C21H40O2Sn. The minimum atomic E-state index is -2.33. The molecule has 1 aliphatic heterocycles. The van der Waals surface area contributed by atoms with E-state index in [2.05, 4.69) is 30.6 Å². The zero-order chi connectivity index (χ0) is 19.3. The fraction of sp³-hybridized carbons (Fsp3) is 0.905. The first kappa shape index (κ1) is 19.1. The van der Waals surface area contributed by atoms with Crippen LogP contribution in [-0.2, 0) is 9.47 Å². The molecule has 3 heteroatoms. The number of rotatable bonds is 12. The van der Waals surface area contributed by atoms with Crippen molar-refractivity contribution >= 4 is 18.4 Å². The summed E-state index contributed by atoms with van der Waals surface area (Å²) in [6.07, 6.45) is 10.3. The van der Waals surface area contributed by atoms with Crippen LogP contribution in [-0.4, -0.2) is 37.8 Å². The van der Waals surface area contributed by atoms with Gasteiger partial charge in [0.05, 0.1) is 0 Å². The van der Waals surface area contributed by atoms with E-state index in [4.69, 9.17) is 12.2 Å². The van der Waals surface area contributed by atoms with Crippen LogP contribution in [0.1, 0.15) is 87.7 Å². The predicted octanol–water partition coefficient (Wildman–Crippen LogP) is 6.31. The quantitative estimate of drug-likeness (QED) is 0.199. The van der Waals surface area contributed by atoms with E-state index >= 15 is 0 Å². The van der Waals surface area contributed by atoms with Crippen LogP contribution in [0.4, 0.5) is 0 Å². The Morgan fingerprint density at radius 1 is 1.04 bits per heavy atom. The van der Waals surface area contributed by atoms with Gasteiger partial charge >= 0.3 is 158 Å². The van der Waals surface area contributed by atoms with E-state index < -0.39 is 31.2 Å². The molecule has 0 aromatic carbocycles. The Morgan fingerprint density at radius 3 is 2.21 bits per heavy atom. The Hall–Kier alpha value is 0.279. The third-order valence-electron chi connectivity index (χ3n) is 4.84. The standard InChI is InChI=1S/C9H13O2.3C4H9.Sn/c1-2-3-7-10-9-6-4-5-8-11-9;3*1-3-4-2;/h9H,3-8H2;3*1,3-4H2,2H3;/i8D2;;;;. The van der Waals surface area contributed by atoms with Gasteiger partial charge in [0.15, 0.2) is 0 Å². The molecule has 140 valence electrons. The van der Waals surface area contributed by atoms with Crippen molar-refractivity contribution in [3.63, 3.8) is 0 Å². The molecule has 24 heavy (non-hydrogen) atoms. The van der Waals surface area contributed by atoms with Crippen LogP contribution in [0.15, 0.2) is 0 Å². The Kier molecular flexibility index (Phi) is 11.5. The summed E-state index contributed by atoms with van der Waals surface area (Å²) in [7, 11) is 0. The summed E-state index contributed by atoms with van der Waals surface area (Å²) in [5.41, 5.74) is 0. The van der Waals surface area contributed by atoms with Crippen molar-refractivity contribution in [1.82, 2.24) is 0 Å². The van der Waals surface area contributed by atoms with Crippen LogP contribution in [0, 0.1) is 9.86 Å². The third-order valence-corrected chi connectivity index (χ3v) is 18.1. The van der Waals surface area contributed by atoms with Gasteiger partial charge in [0.2, 0.25) is 0 Å². The molecule has 1 saturated heterocycles. The Labute approximate surface area is 158 Å². The SMILES string of the molecule is [2H]C1([2H])CCCC(OCCC#[C][Sn]([CH2]CCC)([CH2]CCC)[CH2]CCC)O1. The minimum absolute atomic E-state index is 0.394. The van der Waals surface area contributed by atoms with Crippen molar-refractivity contribution in [1.29, 1.82) is 0 Å². The summed E-state index contributed by atoms with van der Waals surface area (Å²) in [5.74, 6) is 3.48. The van der Waals surface area contributed by atoms with Crippen molar-refractivity contribution in [3.05, 3.63) is 0 Å². The first-order valence-corrected chi connectivity index (χ1v) is 17.7. The second-order valence-electron chi connectivity index (χ2n) is 7.10.